The molecule has 108 valence electrons. The second-order valence-electron chi connectivity index (χ2n) is 4.86. The molecule has 1 atom stereocenters. The fourth-order valence-electron chi connectivity index (χ4n) is 2.20. The molecule has 1 heterocycles. The summed E-state index contributed by atoms with van der Waals surface area (Å²) in [6.45, 7) is 3.25. The van der Waals surface area contributed by atoms with Gasteiger partial charge in [0.15, 0.2) is 0 Å². The zero-order valence-electron chi connectivity index (χ0n) is 11.5. The van der Waals surface area contributed by atoms with E-state index in [4.69, 9.17) is 11.6 Å². The molecule has 1 aromatic carbocycles. The summed E-state index contributed by atoms with van der Waals surface area (Å²) in [6.07, 6.45) is 3.20. The second kappa shape index (κ2) is 8.18. The summed E-state index contributed by atoms with van der Waals surface area (Å²) in [5, 5.41) is 3.65. The van der Waals surface area contributed by atoms with Crippen LogP contribution >= 0.6 is 38.9 Å². The average molecular weight is 373 g/mol. The van der Waals surface area contributed by atoms with E-state index >= 15 is 0 Å². The lowest BCUT2D eigenvalue weighted by atomic mass is 10.0. The van der Waals surface area contributed by atoms with E-state index in [1.165, 1.54) is 14.9 Å². The normalized spacial score (nSPS) is 12.6. The van der Waals surface area contributed by atoms with Gasteiger partial charge in [0.05, 0.1) is 4.34 Å². The van der Waals surface area contributed by atoms with Gasteiger partial charge in [-0.1, -0.05) is 52.7 Å². The topological polar surface area (TPSA) is 12.0 Å². The maximum Gasteiger partial charge on any atom is 0.0931 e. The Hall–Kier alpha value is -0.350. The molecule has 0 bridgehead atoms. The Bertz CT molecular complexity index is 541. The van der Waals surface area contributed by atoms with E-state index in [2.05, 4.69) is 58.5 Å². The molecule has 0 saturated heterocycles. The van der Waals surface area contributed by atoms with Gasteiger partial charge in [-0.05, 0) is 49.6 Å². The van der Waals surface area contributed by atoms with Gasteiger partial charge in [-0.3, -0.25) is 0 Å². The molecule has 4 heteroatoms. The van der Waals surface area contributed by atoms with Gasteiger partial charge in [0.2, 0.25) is 0 Å². The van der Waals surface area contributed by atoms with Crippen LogP contribution in [0.1, 0.15) is 23.8 Å². The van der Waals surface area contributed by atoms with E-state index in [1.807, 2.05) is 6.07 Å². The van der Waals surface area contributed by atoms with E-state index in [0.29, 0.717) is 6.04 Å². The van der Waals surface area contributed by atoms with Gasteiger partial charge in [0.25, 0.3) is 0 Å². The SMILES string of the molecule is CCCNC(Cc1ccc(Cl)s1)Cc1ccccc1Br. The van der Waals surface area contributed by atoms with Crippen molar-refractivity contribution in [2.24, 2.45) is 0 Å². The molecule has 0 spiro atoms. The highest BCUT2D eigenvalue weighted by atomic mass is 79.9. The van der Waals surface area contributed by atoms with Crippen molar-refractivity contribution in [2.75, 3.05) is 6.54 Å². The molecule has 1 nitrogen and oxygen atoms in total. The first-order valence-corrected chi connectivity index (χ1v) is 8.88. The van der Waals surface area contributed by atoms with Gasteiger partial charge in [0, 0.05) is 15.4 Å². The standard InChI is InChI=1S/C16H19BrClNS/c1-2-9-19-13(11-14-7-8-16(18)20-14)10-12-5-3-4-6-15(12)17/h3-8,13,19H,2,9-11H2,1H3. The average Bonchev–Trinajstić information content (AvgIpc) is 2.84. The quantitative estimate of drug-likeness (QED) is 0.694. The van der Waals surface area contributed by atoms with Crippen molar-refractivity contribution in [3.63, 3.8) is 0 Å². The van der Waals surface area contributed by atoms with Crippen LogP contribution in [0.3, 0.4) is 0 Å². The molecule has 0 aliphatic carbocycles. The van der Waals surface area contributed by atoms with Crippen molar-refractivity contribution < 1.29 is 0 Å². The van der Waals surface area contributed by atoms with Gasteiger partial charge in [0.1, 0.15) is 0 Å². The fraction of sp³-hybridized carbons (Fsp3) is 0.375. The summed E-state index contributed by atoms with van der Waals surface area (Å²) >= 11 is 11.3. The molecule has 2 aromatic rings. The lowest BCUT2D eigenvalue weighted by Gasteiger charge is -2.18. The van der Waals surface area contributed by atoms with Crippen molar-refractivity contribution in [1.29, 1.82) is 0 Å². The zero-order valence-corrected chi connectivity index (χ0v) is 14.7. The number of hydrogen-bond acceptors (Lipinski definition) is 2. The highest BCUT2D eigenvalue weighted by Crippen LogP contribution is 2.24. The van der Waals surface area contributed by atoms with Crippen molar-refractivity contribution >= 4 is 38.9 Å². The van der Waals surface area contributed by atoms with Crippen LogP contribution in [-0.4, -0.2) is 12.6 Å². The maximum absolute atomic E-state index is 6.02. The summed E-state index contributed by atoms with van der Waals surface area (Å²) < 4.78 is 2.06. The Morgan fingerprint density at radius 2 is 2.00 bits per heavy atom. The van der Waals surface area contributed by atoms with Crippen LogP contribution in [-0.2, 0) is 12.8 Å². The van der Waals surface area contributed by atoms with Crippen molar-refractivity contribution in [2.45, 2.75) is 32.2 Å². The first-order chi connectivity index (χ1) is 9.69. The minimum atomic E-state index is 0.448. The molecule has 1 unspecified atom stereocenters. The molecule has 0 radical (unpaired) electrons. The third kappa shape index (κ3) is 4.88. The lowest BCUT2D eigenvalue weighted by Crippen LogP contribution is -2.33. The molecule has 1 N–H and O–H groups in total. The minimum absolute atomic E-state index is 0.448. The van der Waals surface area contributed by atoms with Gasteiger partial charge in [-0.2, -0.15) is 0 Å². The van der Waals surface area contributed by atoms with Gasteiger partial charge in [-0.25, -0.2) is 0 Å². The van der Waals surface area contributed by atoms with Crippen LogP contribution in [0.25, 0.3) is 0 Å². The first kappa shape index (κ1) is 16.0. The third-order valence-corrected chi connectivity index (χ3v) is 5.21. The summed E-state index contributed by atoms with van der Waals surface area (Å²) in [4.78, 5) is 1.34. The van der Waals surface area contributed by atoms with E-state index in [-0.39, 0.29) is 0 Å². The predicted molar refractivity (Wildman–Crippen MR) is 93.0 cm³/mol. The number of nitrogens with one attached hydrogen (secondary N) is 1. The monoisotopic (exact) mass is 371 g/mol. The predicted octanol–water partition coefficient (Wildman–Crippen LogP) is 5.32. The molecule has 2 rings (SSSR count). The Morgan fingerprint density at radius 3 is 2.65 bits per heavy atom. The van der Waals surface area contributed by atoms with Gasteiger partial charge >= 0.3 is 0 Å². The van der Waals surface area contributed by atoms with E-state index in [1.54, 1.807) is 11.3 Å². The van der Waals surface area contributed by atoms with Crippen molar-refractivity contribution in [3.8, 4) is 0 Å². The molecule has 0 aliphatic heterocycles. The summed E-state index contributed by atoms with van der Waals surface area (Å²) in [5.41, 5.74) is 1.35. The Balaban J connectivity index is 2.05. The summed E-state index contributed by atoms with van der Waals surface area (Å²) in [7, 11) is 0. The zero-order chi connectivity index (χ0) is 14.4. The van der Waals surface area contributed by atoms with Gasteiger partial charge < -0.3 is 5.32 Å². The molecular formula is C16H19BrClNS. The van der Waals surface area contributed by atoms with Gasteiger partial charge in [-0.15, -0.1) is 11.3 Å². The third-order valence-electron chi connectivity index (χ3n) is 3.18. The Kier molecular flexibility index (Phi) is 6.56. The maximum atomic E-state index is 6.02. The number of hydrogen-bond donors (Lipinski definition) is 1. The second-order valence-corrected chi connectivity index (χ2v) is 7.51. The van der Waals surface area contributed by atoms with E-state index in [0.717, 1.165) is 30.1 Å². The number of thiophene rings is 1. The molecular weight excluding hydrogens is 354 g/mol. The minimum Gasteiger partial charge on any atom is -0.313 e. The van der Waals surface area contributed by atoms with Crippen LogP contribution in [0.5, 0.6) is 0 Å². The van der Waals surface area contributed by atoms with Crippen LogP contribution in [0.2, 0.25) is 4.34 Å². The van der Waals surface area contributed by atoms with Crippen LogP contribution < -0.4 is 5.32 Å². The summed E-state index contributed by atoms with van der Waals surface area (Å²) in [5.74, 6) is 0. The number of rotatable bonds is 7. The molecule has 1 aromatic heterocycles. The first-order valence-electron chi connectivity index (χ1n) is 6.90. The van der Waals surface area contributed by atoms with Crippen LogP contribution in [0.15, 0.2) is 40.9 Å². The molecule has 20 heavy (non-hydrogen) atoms. The molecule has 0 saturated carbocycles. The van der Waals surface area contributed by atoms with E-state index in [9.17, 15) is 0 Å². The van der Waals surface area contributed by atoms with E-state index < -0.39 is 0 Å². The highest BCUT2D eigenvalue weighted by molar-refractivity contribution is 9.10. The number of halogens is 2. The lowest BCUT2D eigenvalue weighted by molar-refractivity contribution is 0.507. The Labute approximate surface area is 138 Å². The van der Waals surface area contributed by atoms with Crippen molar-refractivity contribution in [1.82, 2.24) is 5.32 Å². The smallest absolute Gasteiger partial charge is 0.0931 e. The fourth-order valence-corrected chi connectivity index (χ4v) is 3.81. The molecule has 0 fully saturated rings. The van der Waals surface area contributed by atoms with Crippen LogP contribution in [0, 0.1) is 0 Å². The summed E-state index contributed by atoms with van der Waals surface area (Å²) in [6, 6.07) is 13.0. The van der Waals surface area contributed by atoms with Crippen molar-refractivity contribution in [3.05, 3.63) is 55.6 Å². The van der Waals surface area contributed by atoms with Crippen LogP contribution in [0.4, 0.5) is 0 Å². The Morgan fingerprint density at radius 1 is 1.20 bits per heavy atom. The highest BCUT2D eigenvalue weighted by Gasteiger charge is 2.12. The number of benzene rings is 1. The molecule has 0 aliphatic rings. The molecule has 0 amide bonds. The largest absolute Gasteiger partial charge is 0.313 e.